The van der Waals surface area contributed by atoms with Gasteiger partial charge in [-0.05, 0) is 23.8 Å². The molecule has 122 valence electrons. The number of benzene rings is 1. The molecule has 3 rings (SSSR count). The van der Waals surface area contributed by atoms with Gasteiger partial charge < -0.3 is 5.32 Å². The molecule has 6 heteroatoms. The van der Waals surface area contributed by atoms with Gasteiger partial charge in [-0.1, -0.05) is 35.9 Å². The van der Waals surface area contributed by atoms with Gasteiger partial charge in [0.2, 0.25) is 5.91 Å². The molecule has 0 fully saturated rings. The maximum absolute atomic E-state index is 12.0. The van der Waals surface area contributed by atoms with E-state index >= 15 is 0 Å². The van der Waals surface area contributed by atoms with Crippen molar-refractivity contribution in [3.8, 4) is 11.4 Å². The first-order valence-electron chi connectivity index (χ1n) is 7.58. The zero-order chi connectivity index (χ0) is 16.8. The molecule has 0 bridgehead atoms. The summed E-state index contributed by atoms with van der Waals surface area (Å²) in [4.78, 5) is 20.8. The van der Waals surface area contributed by atoms with Crippen LogP contribution in [0.5, 0.6) is 0 Å². The smallest absolute Gasteiger partial charge is 0.220 e. The van der Waals surface area contributed by atoms with E-state index in [-0.39, 0.29) is 5.91 Å². The predicted molar refractivity (Wildman–Crippen MR) is 97.0 cm³/mol. The molecular formula is C18H16ClN3OS. The van der Waals surface area contributed by atoms with Crippen LogP contribution >= 0.6 is 22.9 Å². The zero-order valence-electron chi connectivity index (χ0n) is 12.9. The van der Waals surface area contributed by atoms with Crippen molar-refractivity contribution in [1.82, 2.24) is 15.3 Å². The fraction of sp³-hybridized carbons (Fsp3) is 0.167. The van der Waals surface area contributed by atoms with Gasteiger partial charge in [0.05, 0.1) is 16.4 Å². The van der Waals surface area contributed by atoms with Gasteiger partial charge in [0.15, 0.2) is 0 Å². The summed E-state index contributed by atoms with van der Waals surface area (Å²) in [6, 6.07) is 13.2. The number of amides is 1. The van der Waals surface area contributed by atoms with E-state index in [0.717, 1.165) is 22.0 Å². The van der Waals surface area contributed by atoms with Crippen LogP contribution in [0.15, 0.2) is 54.0 Å². The number of thiazole rings is 1. The highest BCUT2D eigenvalue weighted by Gasteiger charge is 2.08. The Kier molecular flexibility index (Phi) is 5.56. The summed E-state index contributed by atoms with van der Waals surface area (Å²) in [6.45, 7) is 0.440. The van der Waals surface area contributed by atoms with Gasteiger partial charge in [-0.25, -0.2) is 4.98 Å². The molecule has 0 aliphatic carbocycles. The fourth-order valence-corrected chi connectivity index (χ4v) is 3.20. The second-order valence-electron chi connectivity index (χ2n) is 5.21. The average molecular weight is 358 g/mol. The van der Waals surface area contributed by atoms with Crippen LogP contribution in [0.25, 0.3) is 11.4 Å². The Balaban J connectivity index is 1.50. The first-order chi connectivity index (χ1) is 11.7. The Bertz CT molecular complexity index is 820. The van der Waals surface area contributed by atoms with Crippen LogP contribution < -0.4 is 5.32 Å². The maximum Gasteiger partial charge on any atom is 0.220 e. The molecule has 3 aromatic rings. The van der Waals surface area contributed by atoms with E-state index in [2.05, 4.69) is 15.3 Å². The normalized spacial score (nSPS) is 10.5. The summed E-state index contributed by atoms with van der Waals surface area (Å²) in [7, 11) is 0. The van der Waals surface area contributed by atoms with Gasteiger partial charge in [-0.3, -0.25) is 9.78 Å². The van der Waals surface area contributed by atoms with Gasteiger partial charge in [0.1, 0.15) is 0 Å². The number of aryl methyl sites for hydroxylation is 1. The van der Waals surface area contributed by atoms with Crippen molar-refractivity contribution in [3.05, 3.63) is 69.6 Å². The van der Waals surface area contributed by atoms with Gasteiger partial charge in [0.25, 0.3) is 0 Å². The minimum Gasteiger partial charge on any atom is -0.352 e. The lowest BCUT2D eigenvalue weighted by Crippen LogP contribution is -2.23. The van der Waals surface area contributed by atoms with Crippen LogP contribution in [0.1, 0.15) is 17.0 Å². The summed E-state index contributed by atoms with van der Waals surface area (Å²) in [5, 5.41) is 6.46. The molecular weight excluding hydrogens is 342 g/mol. The molecule has 0 spiro atoms. The average Bonchev–Trinajstić information content (AvgIpc) is 3.09. The number of hydrogen-bond donors (Lipinski definition) is 1. The summed E-state index contributed by atoms with van der Waals surface area (Å²) in [5.74, 6) is -0.00972. The molecule has 1 amide bonds. The Morgan fingerprint density at radius 1 is 1.12 bits per heavy atom. The molecule has 0 saturated carbocycles. The van der Waals surface area contributed by atoms with E-state index in [0.29, 0.717) is 24.4 Å². The number of aromatic nitrogens is 2. The van der Waals surface area contributed by atoms with Gasteiger partial charge >= 0.3 is 0 Å². The summed E-state index contributed by atoms with van der Waals surface area (Å²) in [5.41, 5.74) is 2.62. The largest absolute Gasteiger partial charge is 0.352 e. The number of rotatable bonds is 6. The van der Waals surface area contributed by atoms with E-state index < -0.39 is 0 Å². The van der Waals surface area contributed by atoms with Crippen molar-refractivity contribution in [2.45, 2.75) is 19.4 Å². The number of pyridine rings is 1. The summed E-state index contributed by atoms with van der Waals surface area (Å²) >= 11 is 7.63. The number of carbonyl (C=O) groups is 1. The number of nitrogens with one attached hydrogen (secondary N) is 1. The molecule has 0 aliphatic heterocycles. The monoisotopic (exact) mass is 357 g/mol. The molecule has 24 heavy (non-hydrogen) atoms. The van der Waals surface area contributed by atoms with Crippen molar-refractivity contribution >= 4 is 28.8 Å². The lowest BCUT2D eigenvalue weighted by Gasteiger charge is -2.06. The topological polar surface area (TPSA) is 54.9 Å². The van der Waals surface area contributed by atoms with Gasteiger partial charge in [0, 0.05) is 36.0 Å². The SMILES string of the molecule is O=C(CCc1nc(-c2ccccn2)cs1)NCc1ccccc1Cl. The molecule has 0 radical (unpaired) electrons. The van der Waals surface area contributed by atoms with Crippen molar-refractivity contribution in [1.29, 1.82) is 0 Å². The fourth-order valence-electron chi connectivity index (χ4n) is 2.20. The van der Waals surface area contributed by atoms with Crippen LogP contribution in [-0.2, 0) is 17.8 Å². The predicted octanol–water partition coefficient (Wildman–Crippen LogP) is 4.11. The molecule has 1 aromatic carbocycles. The second-order valence-corrected chi connectivity index (χ2v) is 6.56. The first kappa shape index (κ1) is 16.6. The van der Waals surface area contributed by atoms with E-state index in [1.54, 1.807) is 17.5 Å². The number of nitrogens with zero attached hydrogens (tertiary/aromatic N) is 2. The summed E-state index contributed by atoms with van der Waals surface area (Å²) < 4.78 is 0. The third-order valence-electron chi connectivity index (χ3n) is 3.48. The maximum atomic E-state index is 12.0. The first-order valence-corrected chi connectivity index (χ1v) is 8.84. The van der Waals surface area contributed by atoms with Gasteiger partial charge in [-0.2, -0.15) is 0 Å². The Morgan fingerprint density at radius 2 is 1.96 bits per heavy atom. The Hall–Kier alpha value is -2.24. The molecule has 0 atom stereocenters. The second kappa shape index (κ2) is 8.04. The van der Waals surface area contributed by atoms with E-state index in [4.69, 9.17) is 11.6 Å². The molecule has 4 nitrogen and oxygen atoms in total. The zero-order valence-corrected chi connectivity index (χ0v) is 14.5. The van der Waals surface area contributed by atoms with E-state index in [1.807, 2.05) is 47.8 Å². The number of carbonyl (C=O) groups excluding carboxylic acids is 1. The standard InChI is InChI=1S/C18H16ClN3OS/c19-14-6-2-1-5-13(14)11-21-17(23)8-9-18-22-16(12-24-18)15-7-3-4-10-20-15/h1-7,10,12H,8-9,11H2,(H,21,23). The lowest BCUT2D eigenvalue weighted by atomic mass is 10.2. The third-order valence-corrected chi connectivity index (χ3v) is 4.76. The summed E-state index contributed by atoms with van der Waals surface area (Å²) in [6.07, 6.45) is 2.77. The third kappa shape index (κ3) is 4.40. The van der Waals surface area contributed by atoms with Crippen LogP contribution in [-0.4, -0.2) is 15.9 Å². The molecule has 1 N–H and O–H groups in total. The van der Waals surface area contributed by atoms with Gasteiger partial charge in [-0.15, -0.1) is 11.3 Å². The molecule has 0 unspecified atom stereocenters. The van der Waals surface area contributed by atoms with Crippen molar-refractivity contribution in [3.63, 3.8) is 0 Å². The van der Waals surface area contributed by atoms with Crippen molar-refractivity contribution in [2.75, 3.05) is 0 Å². The number of hydrogen-bond acceptors (Lipinski definition) is 4. The molecule has 0 aliphatic rings. The quantitative estimate of drug-likeness (QED) is 0.722. The molecule has 2 aromatic heterocycles. The van der Waals surface area contributed by atoms with Crippen molar-refractivity contribution in [2.24, 2.45) is 0 Å². The molecule has 0 saturated heterocycles. The van der Waals surface area contributed by atoms with Crippen LogP contribution in [0.2, 0.25) is 5.02 Å². The number of halogens is 1. The lowest BCUT2D eigenvalue weighted by molar-refractivity contribution is -0.121. The van der Waals surface area contributed by atoms with E-state index in [9.17, 15) is 4.79 Å². The van der Waals surface area contributed by atoms with Crippen LogP contribution in [0.3, 0.4) is 0 Å². The highest BCUT2D eigenvalue weighted by atomic mass is 35.5. The minimum absolute atomic E-state index is 0.00972. The highest BCUT2D eigenvalue weighted by molar-refractivity contribution is 7.09. The Labute approximate surface area is 149 Å². The minimum atomic E-state index is -0.00972. The van der Waals surface area contributed by atoms with Crippen LogP contribution in [0.4, 0.5) is 0 Å². The Morgan fingerprint density at radius 3 is 2.75 bits per heavy atom. The van der Waals surface area contributed by atoms with E-state index in [1.165, 1.54) is 0 Å². The molecule has 2 heterocycles. The highest BCUT2D eigenvalue weighted by Crippen LogP contribution is 2.20. The van der Waals surface area contributed by atoms with Crippen molar-refractivity contribution < 1.29 is 4.79 Å². The van der Waals surface area contributed by atoms with Crippen LogP contribution in [0, 0.1) is 0 Å².